The average Bonchev–Trinajstić information content (AvgIpc) is 2.66. The van der Waals surface area contributed by atoms with Gasteiger partial charge in [-0.05, 0) is 44.8 Å². The fourth-order valence-electron chi connectivity index (χ4n) is 2.41. The van der Waals surface area contributed by atoms with Gasteiger partial charge >= 0.3 is 0 Å². The van der Waals surface area contributed by atoms with Crippen LogP contribution in [0.5, 0.6) is 0 Å². The molecule has 0 radical (unpaired) electrons. The second-order valence-electron chi connectivity index (χ2n) is 5.21. The van der Waals surface area contributed by atoms with E-state index in [1.54, 1.807) is 6.92 Å². The van der Waals surface area contributed by atoms with Crippen LogP contribution in [0, 0.1) is 17.0 Å². The first kappa shape index (κ1) is 15.9. The van der Waals surface area contributed by atoms with E-state index >= 15 is 0 Å². The molecular weight excluding hydrogens is 294 g/mol. The molecule has 1 fully saturated rings. The number of hydrogen-bond acceptors (Lipinski definition) is 5. The van der Waals surface area contributed by atoms with E-state index in [2.05, 4.69) is 10.0 Å². The Morgan fingerprint density at radius 3 is 2.81 bits per heavy atom. The lowest BCUT2D eigenvalue weighted by Gasteiger charge is -2.17. The molecule has 0 amide bonds. The molecule has 1 aliphatic heterocycles. The molecule has 1 aromatic carbocycles. The van der Waals surface area contributed by atoms with E-state index in [0.29, 0.717) is 12.0 Å². The topological polar surface area (TPSA) is 101 Å². The zero-order chi connectivity index (χ0) is 15.5. The Morgan fingerprint density at radius 2 is 2.10 bits per heavy atom. The lowest BCUT2D eigenvalue weighted by Crippen LogP contribution is -2.35. The van der Waals surface area contributed by atoms with Crippen molar-refractivity contribution in [2.24, 2.45) is 0 Å². The summed E-state index contributed by atoms with van der Waals surface area (Å²) in [6.07, 6.45) is 2.38. The summed E-state index contributed by atoms with van der Waals surface area (Å²) in [4.78, 5) is 10.2. The highest BCUT2D eigenvalue weighted by atomic mass is 32.2. The fourth-order valence-corrected chi connectivity index (χ4v) is 3.98. The third kappa shape index (κ3) is 3.99. The number of sulfonamides is 1. The zero-order valence-corrected chi connectivity index (χ0v) is 12.6. The van der Waals surface area contributed by atoms with Crippen LogP contribution in [0.25, 0.3) is 0 Å². The molecule has 2 rings (SSSR count). The summed E-state index contributed by atoms with van der Waals surface area (Å²) in [6.45, 7) is 3.28. The van der Waals surface area contributed by atoms with Crippen molar-refractivity contribution in [1.29, 1.82) is 0 Å². The SMILES string of the molecule is Cc1ccc([N+](=O)[O-])cc1S(=O)(=O)NC1CCCNCC1. The van der Waals surface area contributed by atoms with Gasteiger partial charge in [-0.1, -0.05) is 6.07 Å². The predicted octanol–water partition coefficient (Wildman–Crippen LogP) is 1.32. The molecule has 1 saturated heterocycles. The number of non-ortho nitro benzene ring substituents is 1. The van der Waals surface area contributed by atoms with Crippen molar-refractivity contribution < 1.29 is 13.3 Å². The smallest absolute Gasteiger partial charge is 0.270 e. The van der Waals surface area contributed by atoms with Gasteiger partial charge in [0.05, 0.1) is 9.82 Å². The first-order valence-corrected chi connectivity index (χ1v) is 8.36. The van der Waals surface area contributed by atoms with E-state index in [4.69, 9.17) is 0 Å². The molecule has 0 saturated carbocycles. The molecule has 2 N–H and O–H groups in total. The maximum Gasteiger partial charge on any atom is 0.270 e. The van der Waals surface area contributed by atoms with Gasteiger partial charge in [0, 0.05) is 18.2 Å². The third-order valence-corrected chi connectivity index (χ3v) is 5.23. The van der Waals surface area contributed by atoms with Gasteiger partial charge in [-0.3, -0.25) is 10.1 Å². The van der Waals surface area contributed by atoms with Crippen LogP contribution in [0.2, 0.25) is 0 Å². The Kier molecular flexibility index (Phi) is 4.92. The number of hydrogen-bond donors (Lipinski definition) is 2. The average molecular weight is 313 g/mol. The van der Waals surface area contributed by atoms with E-state index in [-0.39, 0.29) is 16.6 Å². The van der Waals surface area contributed by atoms with Gasteiger partial charge < -0.3 is 5.32 Å². The lowest BCUT2D eigenvalue weighted by molar-refractivity contribution is -0.385. The number of nitro groups is 1. The Hall–Kier alpha value is -1.51. The molecule has 0 bridgehead atoms. The number of nitrogens with one attached hydrogen (secondary N) is 2. The first-order valence-electron chi connectivity index (χ1n) is 6.88. The highest BCUT2D eigenvalue weighted by molar-refractivity contribution is 7.89. The van der Waals surface area contributed by atoms with Crippen LogP contribution in [0.3, 0.4) is 0 Å². The number of rotatable bonds is 4. The summed E-state index contributed by atoms with van der Waals surface area (Å²) >= 11 is 0. The summed E-state index contributed by atoms with van der Waals surface area (Å²) in [5.74, 6) is 0. The number of benzene rings is 1. The standard InChI is InChI=1S/C13H19N3O4S/c1-10-4-5-12(16(17)18)9-13(10)21(19,20)15-11-3-2-7-14-8-6-11/h4-5,9,11,14-15H,2-3,6-8H2,1H3. The van der Waals surface area contributed by atoms with E-state index in [9.17, 15) is 18.5 Å². The molecule has 0 aromatic heterocycles. The van der Waals surface area contributed by atoms with Crippen molar-refractivity contribution in [2.75, 3.05) is 13.1 Å². The molecule has 0 spiro atoms. The van der Waals surface area contributed by atoms with Gasteiger partial charge in [-0.2, -0.15) is 0 Å². The molecule has 1 heterocycles. The third-order valence-electron chi connectivity index (χ3n) is 3.57. The summed E-state index contributed by atoms with van der Waals surface area (Å²) in [5, 5.41) is 14.0. The Morgan fingerprint density at radius 1 is 1.33 bits per heavy atom. The van der Waals surface area contributed by atoms with Crippen molar-refractivity contribution in [3.8, 4) is 0 Å². The zero-order valence-electron chi connectivity index (χ0n) is 11.8. The number of nitrogens with zero attached hydrogens (tertiary/aromatic N) is 1. The van der Waals surface area contributed by atoms with Crippen LogP contribution in [0.1, 0.15) is 24.8 Å². The molecule has 8 heteroatoms. The molecule has 1 aliphatic rings. The maximum absolute atomic E-state index is 12.5. The van der Waals surface area contributed by atoms with E-state index in [1.807, 2.05) is 0 Å². The van der Waals surface area contributed by atoms with Gasteiger partial charge in [0.15, 0.2) is 0 Å². The fraction of sp³-hybridized carbons (Fsp3) is 0.538. The quantitative estimate of drug-likeness (QED) is 0.645. The number of nitro benzene ring substituents is 1. The van der Waals surface area contributed by atoms with Crippen LogP contribution in [0.15, 0.2) is 23.1 Å². The van der Waals surface area contributed by atoms with Crippen LogP contribution >= 0.6 is 0 Å². The molecule has 1 aromatic rings. The van der Waals surface area contributed by atoms with Crippen LogP contribution in [-0.2, 0) is 10.0 Å². The second-order valence-corrected chi connectivity index (χ2v) is 6.89. The molecular formula is C13H19N3O4S. The monoisotopic (exact) mass is 313 g/mol. The summed E-state index contributed by atoms with van der Waals surface area (Å²) in [5.41, 5.74) is 0.281. The van der Waals surface area contributed by atoms with Gasteiger partial charge in [0.1, 0.15) is 0 Å². The molecule has 7 nitrogen and oxygen atoms in total. The number of aryl methyl sites for hydroxylation is 1. The molecule has 1 atom stereocenters. The van der Waals surface area contributed by atoms with E-state index in [1.165, 1.54) is 12.1 Å². The van der Waals surface area contributed by atoms with Gasteiger partial charge in [0.2, 0.25) is 10.0 Å². The normalized spacial score (nSPS) is 20.0. The van der Waals surface area contributed by atoms with Gasteiger partial charge in [-0.25, -0.2) is 13.1 Å². The van der Waals surface area contributed by atoms with Crippen LogP contribution < -0.4 is 10.0 Å². The van der Waals surface area contributed by atoms with Gasteiger partial charge in [-0.15, -0.1) is 0 Å². The van der Waals surface area contributed by atoms with Crippen molar-refractivity contribution >= 4 is 15.7 Å². The highest BCUT2D eigenvalue weighted by Crippen LogP contribution is 2.22. The maximum atomic E-state index is 12.5. The Balaban J connectivity index is 2.26. The second kappa shape index (κ2) is 6.50. The van der Waals surface area contributed by atoms with Crippen molar-refractivity contribution in [3.05, 3.63) is 33.9 Å². The minimum atomic E-state index is -3.75. The summed E-state index contributed by atoms with van der Waals surface area (Å²) < 4.78 is 27.6. The highest BCUT2D eigenvalue weighted by Gasteiger charge is 2.24. The molecule has 21 heavy (non-hydrogen) atoms. The minimum absolute atomic E-state index is 0.0195. The van der Waals surface area contributed by atoms with Crippen molar-refractivity contribution in [1.82, 2.24) is 10.0 Å². The largest absolute Gasteiger partial charge is 0.317 e. The van der Waals surface area contributed by atoms with Crippen LogP contribution in [0.4, 0.5) is 5.69 Å². The van der Waals surface area contributed by atoms with Crippen LogP contribution in [-0.4, -0.2) is 32.5 Å². The molecule has 1 unspecified atom stereocenters. The summed E-state index contributed by atoms with van der Waals surface area (Å²) in [6, 6.07) is 3.75. The van der Waals surface area contributed by atoms with Crippen molar-refractivity contribution in [2.45, 2.75) is 37.1 Å². The van der Waals surface area contributed by atoms with E-state index in [0.717, 1.165) is 32.0 Å². The molecule has 116 valence electrons. The lowest BCUT2D eigenvalue weighted by atomic mass is 10.1. The summed E-state index contributed by atoms with van der Waals surface area (Å²) in [7, 11) is -3.75. The Bertz CT molecular complexity index is 622. The van der Waals surface area contributed by atoms with Gasteiger partial charge in [0.25, 0.3) is 5.69 Å². The first-order chi connectivity index (χ1) is 9.90. The minimum Gasteiger partial charge on any atom is -0.317 e. The van der Waals surface area contributed by atoms with E-state index < -0.39 is 14.9 Å². The molecule has 0 aliphatic carbocycles. The predicted molar refractivity (Wildman–Crippen MR) is 78.7 cm³/mol. The Labute approximate surface area is 123 Å². The van der Waals surface area contributed by atoms with Crippen molar-refractivity contribution in [3.63, 3.8) is 0 Å².